The van der Waals surface area contributed by atoms with E-state index >= 15 is 0 Å². The molecule has 0 spiro atoms. The number of unbranched alkanes of at least 4 members (excludes halogenated alkanes) is 2. The van der Waals surface area contributed by atoms with Crippen molar-refractivity contribution < 1.29 is 9.59 Å². The molecule has 0 rings (SSSR count). The van der Waals surface area contributed by atoms with Crippen LogP contribution in [0, 0.1) is 5.41 Å². The van der Waals surface area contributed by atoms with Gasteiger partial charge in [0.1, 0.15) is 0 Å². The van der Waals surface area contributed by atoms with Crippen molar-refractivity contribution in [3.05, 3.63) is 0 Å². The molecule has 1 atom stereocenters. The fourth-order valence-corrected chi connectivity index (χ4v) is 1.84. The van der Waals surface area contributed by atoms with Crippen molar-refractivity contribution in [3.8, 4) is 0 Å². The maximum absolute atomic E-state index is 11.7. The fourth-order valence-electron chi connectivity index (χ4n) is 1.84. The first kappa shape index (κ1) is 18.9. The number of amides is 2. The molecule has 4 heteroatoms. The molecule has 0 aromatic heterocycles. The Labute approximate surface area is 124 Å². The zero-order chi connectivity index (χ0) is 15.6. The summed E-state index contributed by atoms with van der Waals surface area (Å²) in [5.74, 6) is 0.116. The van der Waals surface area contributed by atoms with E-state index in [9.17, 15) is 9.59 Å². The summed E-state index contributed by atoms with van der Waals surface area (Å²) in [5.41, 5.74) is -0.365. The molecule has 0 saturated carbocycles. The maximum atomic E-state index is 11.7. The van der Waals surface area contributed by atoms with Crippen molar-refractivity contribution in [2.45, 2.75) is 79.2 Å². The van der Waals surface area contributed by atoms with Gasteiger partial charge in [-0.3, -0.25) is 9.59 Å². The summed E-state index contributed by atoms with van der Waals surface area (Å²) in [7, 11) is 0. The zero-order valence-corrected chi connectivity index (χ0v) is 13.8. The van der Waals surface area contributed by atoms with E-state index in [2.05, 4.69) is 24.5 Å². The Morgan fingerprint density at radius 3 is 2.30 bits per heavy atom. The Bertz CT molecular complexity index is 295. The van der Waals surface area contributed by atoms with Gasteiger partial charge < -0.3 is 10.6 Å². The van der Waals surface area contributed by atoms with Gasteiger partial charge in [-0.15, -0.1) is 0 Å². The molecule has 20 heavy (non-hydrogen) atoms. The number of nitrogens with one attached hydrogen (secondary N) is 2. The van der Waals surface area contributed by atoms with Crippen LogP contribution >= 0.6 is 0 Å². The van der Waals surface area contributed by atoms with E-state index in [1.807, 2.05) is 20.8 Å². The lowest BCUT2D eigenvalue weighted by atomic mass is 9.96. The number of rotatable bonds is 9. The second-order valence-electron chi connectivity index (χ2n) is 6.57. The van der Waals surface area contributed by atoms with Crippen molar-refractivity contribution in [1.29, 1.82) is 0 Å². The maximum Gasteiger partial charge on any atom is 0.225 e. The predicted octanol–water partition coefficient (Wildman–Crippen LogP) is 3.01. The van der Waals surface area contributed by atoms with Gasteiger partial charge in [0.2, 0.25) is 11.8 Å². The summed E-state index contributed by atoms with van der Waals surface area (Å²) < 4.78 is 0. The van der Waals surface area contributed by atoms with E-state index in [0.717, 1.165) is 6.42 Å². The molecular weight excluding hydrogens is 252 g/mol. The number of hydrogen-bond donors (Lipinski definition) is 2. The highest BCUT2D eigenvalue weighted by atomic mass is 16.2. The Kier molecular flexibility index (Phi) is 9.26. The highest BCUT2D eigenvalue weighted by Gasteiger charge is 2.20. The van der Waals surface area contributed by atoms with Crippen LogP contribution in [0.15, 0.2) is 0 Å². The van der Waals surface area contributed by atoms with Crippen LogP contribution in [0.5, 0.6) is 0 Å². The van der Waals surface area contributed by atoms with Crippen molar-refractivity contribution in [3.63, 3.8) is 0 Å². The molecule has 0 radical (unpaired) electrons. The van der Waals surface area contributed by atoms with Crippen LogP contribution in [-0.4, -0.2) is 24.4 Å². The zero-order valence-electron chi connectivity index (χ0n) is 13.8. The van der Waals surface area contributed by atoms with Crippen LogP contribution in [0.1, 0.15) is 73.1 Å². The van der Waals surface area contributed by atoms with E-state index < -0.39 is 0 Å². The van der Waals surface area contributed by atoms with Gasteiger partial charge >= 0.3 is 0 Å². The lowest BCUT2D eigenvalue weighted by Gasteiger charge is -2.17. The first-order chi connectivity index (χ1) is 9.27. The second kappa shape index (κ2) is 9.78. The van der Waals surface area contributed by atoms with Crippen molar-refractivity contribution in [2.24, 2.45) is 5.41 Å². The molecule has 4 nitrogen and oxygen atoms in total. The predicted molar refractivity (Wildman–Crippen MR) is 83.4 cm³/mol. The van der Waals surface area contributed by atoms with Gasteiger partial charge in [0.05, 0.1) is 0 Å². The Morgan fingerprint density at radius 2 is 1.75 bits per heavy atom. The highest BCUT2D eigenvalue weighted by molar-refractivity contribution is 5.81. The van der Waals surface area contributed by atoms with Crippen molar-refractivity contribution in [1.82, 2.24) is 10.6 Å². The smallest absolute Gasteiger partial charge is 0.225 e. The average molecular weight is 284 g/mol. The van der Waals surface area contributed by atoms with Crippen LogP contribution in [-0.2, 0) is 9.59 Å². The SMILES string of the molecule is CCCCCC(C)NC(=O)CCCNC(=O)C(C)(C)C. The third kappa shape index (κ3) is 9.82. The summed E-state index contributed by atoms with van der Waals surface area (Å²) in [5, 5.41) is 5.86. The minimum absolute atomic E-state index is 0.0332. The van der Waals surface area contributed by atoms with E-state index in [1.165, 1.54) is 19.3 Å². The lowest BCUT2D eigenvalue weighted by Crippen LogP contribution is -2.36. The van der Waals surface area contributed by atoms with Crippen molar-refractivity contribution >= 4 is 11.8 Å². The molecule has 118 valence electrons. The summed E-state index contributed by atoms with van der Waals surface area (Å²) in [4.78, 5) is 23.3. The van der Waals surface area contributed by atoms with Gasteiger partial charge in [-0.05, 0) is 19.8 Å². The summed E-state index contributed by atoms with van der Waals surface area (Å²) in [6.45, 7) is 10.4. The van der Waals surface area contributed by atoms with Gasteiger partial charge in [-0.1, -0.05) is 47.0 Å². The van der Waals surface area contributed by atoms with Crippen molar-refractivity contribution in [2.75, 3.05) is 6.54 Å². The second-order valence-corrected chi connectivity index (χ2v) is 6.57. The monoisotopic (exact) mass is 284 g/mol. The van der Waals surface area contributed by atoms with Gasteiger partial charge in [0, 0.05) is 24.4 Å². The quantitative estimate of drug-likeness (QED) is 0.639. The first-order valence-electron chi connectivity index (χ1n) is 7.85. The molecule has 0 aliphatic rings. The van der Waals surface area contributed by atoms with E-state index in [0.29, 0.717) is 19.4 Å². The molecule has 1 unspecified atom stereocenters. The summed E-state index contributed by atoms with van der Waals surface area (Å²) >= 11 is 0. The number of carbonyl (C=O) groups excluding carboxylic acids is 2. The average Bonchev–Trinajstić information content (AvgIpc) is 2.33. The minimum Gasteiger partial charge on any atom is -0.356 e. The summed E-state index contributed by atoms with van der Waals surface area (Å²) in [6, 6.07) is 0.248. The van der Waals surface area contributed by atoms with Gasteiger partial charge in [-0.25, -0.2) is 0 Å². The third-order valence-corrected chi connectivity index (χ3v) is 3.20. The molecule has 2 N–H and O–H groups in total. The standard InChI is InChI=1S/C16H32N2O2/c1-6-7-8-10-13(2)18-14(19)11-9-12-17-15(20)16(3,4)5/h13H,6-12H2,1-5H3,(H,17,20)(H,18,19). The first-order valence-corrected chi connectivity index (χ1v) is 7.85. The topological polar surface area (TPSA) is 58.2 Å². The van der Waals surface area contributed by atoms with Gasteiger partial charge in [-0.2, -0.15) is 0 Å². The molecule has 0 aliphatic carbocycles. The van der Waals surface area contributed by atoms with Crippen LogP contribution < -0.4 is 10.6 Å². The Hall–Kier alpha value is -1.06. The molecule has 0 aromatic rings. The molecule has 2 amide bonds. The molecule has 0 aromatic carbocycles. The molecule has 0 aliphatic heterocycles. The largest absolute Gasteiger partial charge is 0.356 e. The third-order valence-electron chi connectivity index (χ3n) is 3.20. The van der Waals surface area contributed by atoms with Crippen LogP contribution in [0.25, 0.3) is 0 Å². The van der Waals surface area contributed by atoms with E-state index in [1.54, 1.807) is 0 Å². The van der Waals surface area contributed by atoms with Crippen LogP contribution in [0.4, 0.5) is 0 Å². The molecule has 0 heterocycles. The molecule has 0 fully saturated rings. The normalized spacial score (nSPS) is 12.8. The molecule has 0 saturated heterocycles. The lowest BCUT2D eigenvalue weighted by molar-refractivity contribution is -0.128. The highest BCUT2D eigenvalue weighted by Crippen LogP contribution is 2.12. The number of carbonyl (C=O) groups is 2. The summed E-state index contributed by atoms with van der Waals surface area (Å²) in [6.07, 6.45) is 5.80. The van der Waals surface area contributed by atoms with E-state index in [4.69, 9.17) is 0 Å². The van der Waals surface area contributed by atoms with Gasteiger partial charge in [0.15, 0.2) is 0 Å². The molecule has 0 bridgehead atoms. The van der Waals surface area contributed by atoms with Crippen LogP contribution in [0.2, 0.25) is 0 Å². The fraction of sp³-hybridized carbons (Fsp3) is 0.875. The Balaban J connectivity index is 3.66. The van der Waals surface area contributed by atoms with Crippen LogP contribution in [0.3, 0.4) is 0 Å². The van der Waals surface area contributed by atoms with Gasteiger partial charge in [0.25, 0.3) is 0 Å². The number of hydrogen-bond acceptors (Lipinski definition) is 2. The Morgan fingerprint density at radius 1 is 1.10 bits per heavy atom. The molecular formula is C16H32N2O2. The van der Waals surface area contributed by atoms with E-state index in [-0.39, 0.29) is 23.3 Å². The minimum atomic E-state index is -0.365.